The second-order valence-electron chi connectivity index (χ2n) is 5.14. The summed E-state index contributed by atoms with van der Waals surface area (Å²) in [5, 5.41) is 1.01. The van der Waals surface area contributed by atoms with E-state index in [1.807, 2.05) is 11.0 Å². The first-order valence-electron chi connectivity index (χ1n) is 6.91. The molecule has 1 heterocycles. The van der Waals surface area contributed by atoms with Gasteiger partial charge in [0.15, 0.2) is 0 Å². The third-order valence-electron chi connectivity index (χ3n) is 3.71. The summed E-state index contributed by atoms with van der Waals surface area (Å²) in [6, 6.07) is 5.72. The van der Waals surface area contributed by atoms with Crippen molar-refractivity contribution in [3.05, 3.63) is 33.8 Å². The first-order valence-corrected chi connectivity index (χ1v) is 8.20. The summed E-state index contributed by atoms with van der Waals surface area (Å²) in [7, 11) is 0. The molecule has 1 saturated heterocycles. The summed E-state index contributed by atoms with van der Waals surface area (Å²) < 4.78 is 0. The number of carbonyl (C=O) groups is 1. The molecule has 1 fully saturated rings. The molecular weight excluding hydrogens is 317 g/mol. The van der Waals surface area contributed by atoms with Crippen molar-refractivity contribution in [2.75, 3.05) is 12.4 Å². The Hall–Kier alpha value is -0.440. The maximum atomic E-state index is 12.4. The number of nitrogens with zero attached hydrogens (tertiary/aromatic N) is 1. The third-order valence-corrected chi connectivity index (χ3v) is 4.71. The topological polar surface area (TPSA) is 20.3 Å². The number of benzene rings is 1. The molecule has 1 aromatic rings. The van der Waals surface area contributed by atoms with Crippen molar-refractivity contribution in [2.24, 2.45) is 0 Å². The van der Waals surface area contributed by atoms with Crippen LogP contribution in [0.3, 0.4) is 0 Å². The van der Waals surface area contributed by atoms with Gasteiger partial charge in [0.05, 0.1) is 16.5 Å². The van der Waals surface area contributed by atoms with Crippen molar-refractivity contribution < 1.29 is 4.79 Å². The predicted octanol–water partition coefficient (Wildman–Crippen LogP) is 4.55. The molecule has 5 heteroatoms. The number of likely N-dealkylation sites (tertiary alicyclic amines) is 1. The minimum absolute atomic E-state index is 0.167. The van der Waals surface area contributed by atoms with E-state index in [0.717, 1.165) is 37.8 Å². The highest BCUT2D eigenvalue weighted by Crippen LogP contribution is 2.25. The molecule has 0 saturated carbocycles. The SMILES string of the molecule is O=C(Cc1ccc(Cl)c(Cl)c1)N1CCCC1CCCCl. The van der Waals surface area contributed by atoms with Gasteiger partial charge >= 0.3 is 0 Å². The van der Waals surface area contributed by atoms with Crippen LogP contribution in [0.15, 0.2) is 18.2 Å². The van der Waals surface area contributed by atoms with E-state index in [2.05, 4.69) is 0 Å². The van der Waals surface area contributed by atoms with Gasteiger partial charge in [0.2, 0.25) is 5.91 Å². The number of alkyl halides is 1. The quantitative estimate of drug-likeness (QED) is 0.724. The van der Waals surface area contributed by atoms with E-state index < -0.39 is 0 Å². The molecule has 0 aromatic heterocycles. The predicted molar refractivity (Wildman–Crippen MR) is 84.9 cm³/mol. The van der Waals surface area contributed by atoms with E-state index in [9.17, 15) is 4.79 Å². The Balaban J connectivity index is 1.98. The summed E-state index contributed by atoms with van der Waals surface area (Å²) in [4.78, 5) is 14.4. The average molecular weight is 335 g/mol. The Bertz CT molecular complexity index is 478. The number of rotatable bonds is 5. The van der Waals surface area contributed by atoms with Gasteiger partial charge in [0.1, 0.15) is 0 Å². The van der Waals surface area contributed by atoms with Gasteiger partial charge in [-0.25, -0.2) is 0 Å². The normalized spacial score (nSPS) is 18.6. The van der Waals surface area contributed by atoms with E-state index in [0.29, 0.717) is 28.4 Å². The monoisotopic (exact) mass is 333 g/mol. The molecule has 0 aliphatic carbocycles. The van der Waals surface area contributed by atoms with Crippen LogP contribution in [-0.4, -0.2) is 29.3 Å². The van der Waals surface area contributed by atoms with Crippen LogP contribution in [0.5, 0.6) is 0 Å². The van der Waals surface area contributed by atoms with Crippen LogP contribution in [0.2, 0.25) is 10.0 Å². The Morgan fingerprint density at radius 3 is 2.80 bits per heavy atom. The van der Waals surface area contributed by atoms with Crippen molar-refractivity contribution >= 4 is 40.7 Å². The maximum absolute atomic E-state index is 12.4. The highest BCUT2D eigenvalue weighted by molar-refractivity contribution is 6.42. The van der Waals surface area contributed by atoms with Gasteiger partial charge in [-0.15, -0.1) is 11.6 Å². The van der Waals surface area contributed by atoms with E-state index in [1.54, 1.807) is 12.1 Å². The number of amides is 1. The van der Waals surface area contributed by atoms with Gasteiger partial charge in [0.25, 0.3) is 0 Å². The van der Waals surface area contributed by atoms with Gasteiger partial charge < -0.3 is 4.90 Å². The molecule has 1 aliphatic heterocycles. The second-order valence-corrected chi connectivity index (χ2v) is 6.33. The number of hydrogen-bond acceptors (Lipinski definition) is 1. The Labute approximate surface area is 135 Å². The Morgan fingerprint density at radius 2 is 2.10 bits per heavy atom. The lowest BCUT2D eigenvalue weighted by molar-refractivity contribution is -0.131. The molecule has 0 N–H and O–H groups in total. The molecule has 1 atom stereocenters. The molecule has 1 unspecified atom stereocenters. The standard InChI is InChI=1S/C15H18Cl3NO/c16-7-1-3-12-4-2-8-19(12)15(20)10-11-5-6-13(17)14(18)9-11/h5-6,9,12H,1-4,7-8,10H2. The molecule has 0 spiro atoms. The highest BCUT2D eigenvalue weighted by Gasteiger charge is 2.27. The minimum Gasteiger partial charge on any atom is -0.339 e. The van der Waals surface area contributed by atoms with Crippen molar-refractivity contribution in [3.63, 3.8) is 0 Å². The molecule has 2 nitrogen and oxygen atoms in total. The summed E-state index contributed by atoms with van der Waals surface area (Å²) in [5.41, 5.74) is 0.910. The van der Waals surface area contributed by atoms with Crippen molar-refractivity contribution in [1.29, 1.82) is 0 Å². The number of carbonyl (C=O) groups excluding carboxylic acids is 1. The lowest BCUT2D eigenvalue weighted by Crippen LogP contribution is -2.36. The molecule has 1 aliphatic rings. The van der Waals surface area contributed by atoms with Crippen LogP contribution in [0.25, 0.3) is 0 Å². The van der Waals surface area contributed by atoms with Gasteiger partial charge in [-0.2, -0.15) is 0 Å². The average Bonchev–Trinajstić information content (AvgIpc) is 2.89. The lowest BCUT2D eigenvalue weighted by Gasteiger charge is -2.24. The van der Waals surface area contributed by atoms with E-state index in [-0.39, 0.29) is 5.91 Å². The summed E-state index contributed by atoms with van der Waals surface area (Å²) >= 11 is 17.6. The number of halogens is 3. The van der Waals surface area contributed by atoms with Crippen LogP contribution in [0.1, 0.15) is 31.2 Å². The smallest absolute Gasteiger partial charge is 0.227 e. The first kappa shape index (κ1) is 15.9. The minimum atomic E-state index is 0.167. The fourth-order valence-corrected chi connectivity index (χ4v) is 3.18. The van der Waals surface area contributed by atoms with Crippen molar-refractivity contribution in [2.45, 2.75) is 38.1 Å². The summed E-state index contributed by atoms with van der Waals surface area (Å²) in [6.07, 6.45) is 4.51. The van der Waals surface area contributed by atoms with E-state index in [4.69, 9.17) is 34.8 Å². The van der Waals surface area contributed by atoms with Gasteiger partial charge in [-0.1, -0.05) is 29.3 Å². The van der Waals surface area contributed by atoms with Crippen LogP contribution < -0.4 is 0 Å². The Morgan fingerprint density at radius 1 is 1.30 bits per heavy atom. The van der Waals surface area contributed by atoms with E-state index >= 15 is 0 Å². The molecule has 1 amide bonds. The zero-order chi connectivity index (χ0) is 14.5. The highest BCUT2D eigenvalue weighted by atomic mass is 35.5. The molecule has 0 radical (unpaired) electrons. The van der Waals surface area contributed by atoms with Crippen LogP contribution in [-0.2, 0) is 11.2 Å². The Kier molecular flexibility index (Phi) is 6.01. The van der Waals surface area contributed by atoms with Crippen LogP contribution >= 0.6 is 34.8 Å². The molecule has 2 rings (SSSR count). The molecule has 110 valence electrons. The zero-order valence-electron chi connectivity index (χ0n) is 11.2. The molecule has 1 aromatic carbocycles. The fraction of sp³-hybridized carbons (Fsp3) is 0.533. The molecular formula is C15H18Cl3NO. The summed E-state index contributed by atoms with van der Waals surface area (Å²) in [6.45, 7) is 0.854. The van der Waals surface area contributed by atoms with E-state index in [1.165, 1.54) is 0 Å². The van der Waals surface area contributed by atoms with Gasteiger partial charge in [-0.3, -0.25) is 4.79 Å². The van der Waals surface area contributed by atoms with Gasteiger partial charge in [-0.05, 0) is 43.4 Å². The molecule has 0 bridgehead atoms. The largest absolute Gasteiger partial charge is 0.339 e. The van der Waals surface area contributed by atoms with Crippen molar-refractivity contribution in [3.8, 4) is 0 Å². The van der Waals surface area contributed by atoms with Crippen LogP contribution in [0, 0.1) is 0 Å². The van der Waals surface area contributed by atoms with Crippen LogP contribution in [0.4, 0.5) is 0 Å². The lowest BCUT2D eigenvalue weighted by atomic mass is 10.1. The maximum Gasteiger partial charge on any atom is 0.227 e. The fourth-order valence-electron chi connectivity index (χ4n) is 2.70. The second kappa shape index (κ2) is 7.53. The summed E-state index contributed by atoms with van der Waals surface area (Å²) in [5.74, 6) is 0.825. The zero-order valence-corrected chi connectivity index (χ0v) is 13.5. The first-order chi connectivity index (χ1) is 9.61. The molecule has 20 heavy (non-hydrogen) atoms. The van der Waals surface area contributed by atoms with Crippen molar-refractivity contribution in [1.82, 2.24) is 4.90 Å². The van der Waals surface area contributed by atoms with Gasteiger partial charge in [0, 0.05) is 18.5 Å². The third kappa shape index (κ3) is 4.03. The number of hydrogen-bond donors (Lipinski definition) is 0.